The third-order valence-corrected chi connectivity index (χ3v) is 2.43. The molecule has 0 saturated heterocycles. The third-order valence-electron chi connectivity index (χ3n) is 2.43. The fraction of sp³-hybridized carbons (Fsp3) is 0.231. The number of anilines is 2. The summed E-state index contributed by atoms with van der Waals surface area (Å²) < 4.78 is 37.7. The van der Waals surface area contributed by atoms with Gasteiger partial charge in [-0.15, -0.1) is 0 Å². The van der Waals surface area contributed by atoms with Crippen LogP contribution in [0.3, 0.4) is 0 Å². The second kappa shape index (κ2) is 6.09. The second-order valence-corrected chi connectivity index (χ2v) is 4.18. The summed E-state index contributed by atoms with van der Waals surface area (Å²) >= 11 is 0. The average molecular weight is 303 g/mol. The Morgan fingerprint density at radius 1 is 1.00 bits per heavy atom. The van der Waals surface area contributed by atoms with E-state index in [4.69, 9.17) is 0 Å². The molecule has 0 spiro atoms. The van der Waals surface area contributed by atoms with E-state index in [9.17, 15) is 13.2 Å². The standard InChI is InChI=1S/C13H12F3N3.ClH/c1-8-6-9(2)18-12(17-8)19-11-5-3-4-10(7-11)13(14,15)16;/h3-7H,1-2H3,(H,17,18,19);1H/p-1. The average Bonchev–Trinajstić information content (AvgIpc) is 2.26. The van der Waals surface area contributed by atoms with E-state index in [0.717, 1.165) is 23.5 Å². The molecule has 0 radical (unpaired) electrons. The van der Waals surface area contributed by atoms with E-state index in [2.05, 4.69) is 15.3 Å². The molecule has 0 bridgehead atoms. The first kappa shape index (κ1) is 16.2. The zero-order chi connectivity index (χ0) is 14.0. The fourth-order valence-electron chi connectivity index (χ4n) is 1.68. The summed E-state index contributed by atoms with van der Waals surface area (Å²) in [6, 6.07) is 6.72. The summed E-state index contributed by atoms with van der Waals surface area (Å²) in [5.74, 6) is 0.289. The highest BCUT2D eigenvalue weighted by Gasteiger charge is 2.30. The van der Waals surface area contributed by atoms with Gasteiger partial charge in [0.15, 0.2) is 0 Å². The Kier molecular flexibility index (Phi) is 4.94. The van der Waals surface area contributed by atoms with E-state index in [1.807, 2.05) is 0 Å². The number of alkyl halides is 3. The zero-order valence-electron chi connectivity index (χ0n) is 10.8. The first-order valence-electron chi connectivity index (χ1n) is 5.61. The van der Waals surface area contributed by atoms with Crippen molar-refractivity contribution in [3.63, 3.8) is 0 Å². The van der Waals surface area contributed by atoms with Gasteiger partial charge in [0, 0.05) is 17.1 Å². The highest BCUT2D eigenvalue weighted by molar-refractivity contribution is 5.54. The first-order valence-corrected chi connectivity index (χ1v) is 5.61. The maximum atomic E-state index is 12.6. The van der Waals surface area contributed by atoms with Crippen LogP contribution in [-0.2, 0) is 6.18 Å². The summed E-state index contributed by atoms with van der Waals surface area (Å²) in [4.78, 5) is 8.24. The molecular formula is C13H12ClF3N3-. The van der Waals surface area contributed by atoms with Crippen LogP contribution in [0.2, 0.25) is 0 Å². The third kappa shape index (κ3) is 4.09. The summed E-state index contributed by atoms with van der Waals surface area (Å²) in [6.07, 6.45) is -4.36. The maximum absolute atomic E-state index is 12.6. The molecule has 20 heavy (non-hydrogen) atoms. The van der Waals surface area contributed by atoms with Crippen LogP contribution in [0, 0.1) is 13.8 Å². The number of benzene rings is 1. The zero-order valence-corrected chi connectivity index (χ0v) is 11.5. The van der Waals surface area contributed by atoms with Crippen LogP contribution in [0.25, 0.3) is 0 Å². The lowest BCUT2D eigenvalue weighted by Crippen LogP contribution is -3.00. The minimum atomic E-state index is -4.36. The van der Waals surface area contributed by atoms with Crippen LogP contribution >= 0.6 is 0 Å². The monoisotopic (exact) mass is 302 g/mol. The molecule has 0 fully saturated rings. The molecule has 1 aromatic carbocycles. The number of nitrogens with zero attached hydrogens (tertiary/aromatic N) is 2. The lowest BCUT2D eigenvalue weighted by molar-refractivity contribution is -0.137. The van der Waals surface area contributed by atoms with E-state index >= 15 is 0 Å². The predicted octanol–water partition coefficient (Wildman–Crippen LogP) is 0.860. The number of rotatable bonds is 2. The molecule has 1 aromatic heterocycles. The van der Waals surface area contributed by atoms with E-state index in [0.29, 0.717) is 5.69 Å². The molecule has 0 aliphatic heterocycles. The van der Waals surface area contributed by atoms with Gasteiger partial charge in [0.05, 0.1) is 5.56 Å². The predicted molar refractivity (Wildman–Crippen MR) is 66.2 cm³/mol. The lowest BCUT2D eigenvalue weighted by Gasteiger charge is -2.10. The van der Waals surface area contributed by atoms with Crippen molar-refractivity contribution in [2.75, 3.05) is 5.32 Å². The van der Waals surface area contributed by atoms with Gasteiger partial charge < -0.3 is 17.7 Å². The van der Waals surface area contributed by atoms with Crippen molar-refractivity contribution < 1.29 is 25.6 Å². The van der Waals surface area contributed by atoms with Gasteiger partial charge in [-0.25, -0.2) is 9.97 Å². The fourth-order valence-corrected chi connectivity index (χ4v) is 1.68. The Bertz CT molecular complexity index is 579. The molecule has 7 heteroatoms. The van der Waals surface area contributed by atoms with Gasteiger partial charge in [0.25, 0.3) is 0 Å². The highest BCUT2D eigenvalue weighted by atomic mass is 35.5. The van der Waals surface area contributed by atoms with Gasteiger partial charge in [0.1, 0.15) is 0 Å². The van der Waals surface area contributed by atoms with E-state index < -0.39 is 11.7 Å². The van der Waals surface area contributed by atoms with Crippen molar-refractivity contribution in [3.8, 4) is 0 Å². The Labute approximate surface area is 120 Å². The van der Waals surface area contributed by atoms with Crippen molar-refractivity contribution in [1.29, 1.82) is 0 Å². The molecule has 1 heterocycles. The molecule has 0 unspecified atom stereocenters. The quantitative estimate of drug-likeness (QED) is 0.894. The van der Waals surface area contributed by atoms with Gasteiger partial charge >= 0.3 is 6.18 Å². The molecule has 3 nitrogen and oxygen atoms in total. The van der Waals surface area contributed by atoms with Gasteiger partial charge in [-0.05, 0) is 38.1 Å². The first-order chi connectivity index (χ1) is 8.84. The van der Waals surface area contributed by atoms with Crippen LogP contribution in [0.5, 0.6) is 0 Å². The highest BCUT2D eigenvalue weighted by Crippen LogP contribution is 2.31. The number of aromatic nitrogens is 2. The van der Waals surface area contributed by atoms with Gasteiger partial charge in [0.2, 0.25) is 5.95 Å². The molecule has 0 atom stereocenters. The molecule has 0 saturated carbocycles. The maximum Gasteiger partial charge on any atom is 0.416 e. The van der Waals surface area contributed by atoms with Gasteiger partial charge in [-0.2, -0.15) is 13.2 Å². The Hall–Kier alpha value is -1.82. The Morgan fingerprint density at radius 2 is 1.60 bits per heavy atom. The number of aryl methyl sites for hydroxylation is 2. The largest absolute Gasteiger partial charge is 1.00 e. The number of hydrogen-bond acceptors (Lipinski definition) is 3. The van der Waals surface area contributed by atoms with Gasteiger partial charge in [-0.3, -0.25) is 0 Å². The van der Waals surface area contributed by atoms with E-state index in [-0.39, 0.29) is 18.4 Å². The molecule has 0 aliphatic carbocycles. The Balaban J connectivity index is 0.00000200. The second-order valence-electron chi connectivity index (χ2n) is 4.18. The smallest absolute Gasteiger partial charge is 0.416 e. The SMILES string of the molecule is Cc1cc(C)nc(Nc2cccc(C(F)(F)F)c2)n1.[Cl-]. The van der Waals surface area contributed by atoms with E-state index in [1.54, 1.807) is 19.9 Å². The number of hydrogen-bond donors (Lipinski definition) is 1. The van der Waals surface area contributed by atoms with Crippen LogP contribution in [0.15, 0.2) is 30.3 Å². The van der Waals surface area contributed by atoms with Crippen LogP contribution in [-0.4, -0.2) is 9.97 Å². The van der Waals surface area contributed by atoms with Crippen LogP contribution < -0.4 is 17.7 Å². The molecule has 108 valence electrons. The van der Waals surface area contributed by atoms with Crippen molar-refractivity contribution in [3.05, 3.63) is 47.3 Å². The molecule has 0 amide bonds. The van der Waals surface area contributed by atoms with Crippen LogP contribution in [0.4, 0.5) is 24.8 Å². The lowest BCUT2D eigenvalue weighted by atomic mass is 10.2. The summed E-state index contributed by atoms with van der Waals surface area (Å²) in [5.41, 5.74) is 1.10. The summed E-state index contributed by atoms with van der Waals surface area (Å²) in [5, 5.41) is 2.78. The van der Waals surface area contributed by atoms with Crippen molar-refractivity contribution in [2.24, 2.45) is 0 Å². The minimum Gasteiger partial charge on any atom is -1.00 e. The normalized spacial score (nSPS) is 10.8. The molecule has 0 aliphatic rings. The Morgan fingerprint density at radius 3 is 2.15 bits per heavy atom. The summed E-state index contributed by atoms with van der Waals surface area (Å²) in [7, 11) is 0. The van der Waals surface area contributed by atoms with Crippen molar-refractivity contribution in [2.45, 2.75) is 20.0 Å². The van der Waals surface area contributed by atoms with Crippen LogP contribution in [0.1, 0.15) is 17.0 Å². The molecular weight excluding hydrogens is 291 g/mol. The van der Waals surface area contributed by atoms with E-state index in [1.165, 1.54) is 12.1 Å². The molecule has 2 rings (SSSR count). The van der Waals surface area contributed by atoms with Crippen molar-refractivity contribution in [1.82, 2.24) is 9.97 Å². The number of nitrogens with one attached hydrogen (secondary N) is 1. The number of halogens is 4. The molecule has 1 N–H and O–H groups in total. The topological polar surface area (TPSA) is 37.8 Å². The minimum absolute atomic E-state index is 0. The summed E-state index contributed by atoms with van der Waals surface area (Å²) in [6.45, 7) is 3.60. The molecule has 2 aromatic rings. The van der Waals surface area contributed by atoms with Crippen molar-refractivity contribution >= 4 is 11.6 Å². The van der Waals surface area contributed by atoms with Gasteiger partial charge in [-0.1, -0.05) is 6.07 Å².